The quantitative estimate of drug-likeness (QED) is 0.873. The molecule has 0 aliphatic rings. The van der Waals surface area contributed by atoms with Crippen LogP contribution in [0.5, 0.6) is 0 Å². The molecule has 1 aromatic heterocycles. The first-order valence-corrected chi connectivity index (χ1v) is 5.57. The Morgan fingerprint density at radius 2 is 2.00 bits per heavy atom. The van der Waals surface area contributed by atoms with E-state index in [1.807, 2.05) is 30.3 Å². The van der Waals surface area contributed by atoms with Gasteiger partial charge in [0.05, 0.1) is 25.0 Å². The number of benzene rings is 1. The van der Waals surface area contributed by atoms with Gasteiger partial charge in [0.1, 0.15) is 11.0 Å². The molecule has 5 heteroatoms. The van der Waals surface area contributed by atoms with Gasteiger partial charge in [0.2, 0.25) is 0 Å². The highest BCUT2D eigenvalue weighted by atomic mass is 35.5. The maximum absolute atomic E-state index is 9.37. The predicted octanol–water partition coefficient (Wildman–Crippen LogP) is 2.28. The molecule has 1 unspecified atom stereocenters. The Bertz CT molecular complexity index is 478. The molecular formula is C12H12ClN3O. The molecule has 0 aliphatic carbocycles. The van der Waals surface area contributed by atoms with E-state index >= 15 is 0 Å². The van der Waals surface area contributed by atoms with E-state index in [1.165, 1.54) is 6.20 Å². The summed E-state index contributed by atoms with van der Waals surface area (Å²) in [4.78, 5) is 7.99. The van der Waals surface area contributed by atoms with Crippen molar-refractivity contribution in [2.75, 3.05) is 11.9 Å². The van der Waals surface area contributed by atoms with Gasteiger partial charge in [-0.25, -0.2) is 4.98 Å². The van der Waals surface area contributed by atoms with Gasteiger partial charge in [0.15, 0.2) is 0 Å². The van der Waals surface area contributed by atoms with Crippen molar-refractivity contribution in [3.8, 4) is 0 Å². The monoisotopic (exact) mass is 249 g/mol. The maximum atomic E-state index is 9.37. The molecule has 2 aromatic rings. The SMILES string of the molecule is OCC(Nc1cncc(Cl)n1)c1ccccc1. The molecule has 0 fully saturated rings. The highest BCUT2D eigenvalue weighted by molar-refractivity contribution is 6.29. The van der Waals surface area contributed by atoms with Crippen LogP contribution in [0.3, 0.4) is 0 Å². The molecule has 4 nitrogen and oxygen atoms in total. The van der Waals surface area contributed by atoms with Gasteiger partial charge in [-0.2, -0.15) is 0 Å². The zero-order valence-corrected chi connectivity index (χ0v) is 9.80. The Balaban J connectivity index is 2.16. The van der Waals surface area contributed by atoms with Crippen LogP contribution in [0.1, 0.15) is 11.6 Å². The van der Waals surface area contributed by atoms with Gasteiger partial charge in [-0.05, 0) is 5.56 Å². The summed E-state index contributed by atoms with van der Waals surface area (Å²) in [5, 5.41) is 12.8. The lowest BCUT2D eigenvalue weighted by Crippen LogP contribution is -2.15. The van der Waals surface area contributed by atoms with E-state index in [-0.39, 0.29) is 12.6 Å². The molecule has 1 heterocycles. The van der Waals surface area contributed by atoms with Gasteiger partial charge in [-0.15, -0.1) is 0 Å². The van der Waals surface area contributed by atoms with E-state index in [2.05, 4.69) is 15.3 Å². The second kappa shape index (κ2) is 5.61. The zero-order chi connectivity index (χ0) is 12.1. The summed E-state index contributed by atoms with van der Waals surface area (Å²) in [7, 11) is 0. The number of nitrogens with zero attached hydrogens (tertiary/aromatic N) is 2. The second-order valence-electron chi connectivity index (χ2n) is 3.52. The van der Waals surface area contributed by atoms with Gasteiger partial charge in [-0.3, -0.25) is 4.98 Å². The maximum Gasteiger partial charge on any atom is 0.149 e. The lowest BCUT2D eigenvalue weighted by atomic mass is 10.1. The van der Waals surface area contributed by atoms with Crippen LogP contribution in [0, 0.1) is 0 Å². The molecule has 17 heavy (non-hydrogen) atoms. The molecule has 0 bridgehead atoms. The molecular weight excluding hydrogens is 238 g/mol. The standard InChI is InChI=1S/C12H12ClN3O/c13-11-6-14-7-12(16-11)15-10(8-17)9-4-2-1-3-5-9/h1-7,10,17H,8H2,(H,15,16). The summed E-state index contributed by atoms with van der Waals surface area (Å²) in [5.41, 5.74) is 0.983. The third kappa shape index (κ3) is 3.15. The van der Waals surface area contributed by atoms with Gasteiger partial charge < -0.3 is 10.4 Å². The average molecular weight is 250 g/mol. The van der Waals surface area contributed by atoms with Gasteiger partial charge >= 0.3 is 0 Å². The van der Waals surface area contributed by atoms with Crippen LogP contribution in [-0.2, 0) is 0 Å². The van der Waals surface area contributed by atoms with E-state index in [4.69, 9.17) is 11.6 Å². The van der Waals surface area contributed by atoms with Crippen LogP contribution >= 0.6 is 11.6 Å². The molecule has 0 aliphatic heterocycles. The average Bonchev–Trinajstić information content (AvgIpc) is 2.37. The largest absolute Gasteiger partial charge is 0.394 e. The summed E-state index contributed by atoms with van der Waals surface area (Å²) in [6.45, 7) is -0.0296. The topological polar surface area (TPSA) is 58.0 Å². The summed E-state index contributed by atoms with van der Waals surface area (Å²) < 4.78 is 0. The molecule has 0 spiro atoms. The number of aliphatic hydroxyl groups excluding tert-OH is 1. The highest BCUT2D eigenvalue weighted by Gasteiger charge is 2.10. The lowest BCUT2D eigenvalue weighted by molar-refractivity contribution is 0.276. The first-order chi connectivity index (χ1) is 8.29. The fraction of sp³-hybridized carbons (Fsp3) is 0.167. The zero-order valence-electron chi connectivity index (χ0n) is 9.05. The van der Waals surface area contributed by atoms with Crippen LogP contribution in [0.4, 0.5) is 5.82 Å². The Hall–Kier alpha value is -1.65. The third-order valence-electron chi connectivity index (χ3n) is 2.31. The van der Waals surface area contributed by atoms with Crippen molar-refractivity contribution >= 4 is 17.4 Å². The molecule has 2 N–H and O–H groups in total. The Kier molecular flexibility index (Phi) is 3.90. The van der Waals surface area contributed by atoms with Gasteiger partial charge in [0, 0.05) is 0 Å². The van der Waals surface area contributed by atoms with Crippen LogP contribution in [0.15, 0.2) is 42.7 Å². The molecule has 0 saturated carbocycles. The number of hydrogen-bond donors (Lipinski definition) is 2. The summed E-state index contributed by atoms with van der Waals surface area (Å²) in [5.74, 6) is 0.542. The van der Waals surface area contributed by atoms with E-state index < -0.39 is 0 Å². The number of aliphatic hydroxyl groups is 1. The molecule has 0 saturated heterocycles. The van der Waals surface area contributed by atoms with Crippen molar-refractivity contribution in [2.24, 2.45) is 0 Å². The fourth-order valence-electron chi connectivity index (χ4n) is 1.51. The number of aromatic nitrogens is 2. The van der Waals surface area contributed by atoms with Gasteiger partial charge in [0.25, 0.3) is 0 Å². The molecule has 0 radical (unpaired) electrons. The number of anilines is 1. The predicted molar refractivity (Wildman–Crippen MR) is 66.9 cm³/mol. The number of hydrogen-bond acceptors (Lipinski definition) is 4. The minimum atomic E-state index is -0.219. The minimum absolute atomic E-state index is 0.0296. The summed E-state index contributed by atoms with van der Waals surface area (Å²) in [6.07, 6.45) is 3.03. The van der Waals surface area contributed by atoms with Crippen LogP contribution in [0.2, 0.25) is 5.15 Å². The van der Waals surface area contributed by atoms with Crippen LogP contribution in [-0.4, -0.2) is 21.7 Å². The summed E-state index contributed by atoms with van der Waals surface area (Å²) in [6, 6.07) is 9.42. The molecule has 1 atom stereocenters. The lowest BCUT2D eigenvalue weighted by Gasteiger charge is -2.16. The van der Waals surface area contributed by atoms with Crippen molar-refractivity contribution in [1.82, 2.24) is 9.97 Å². The van der Waals surface area contributed by atoms with Crippen LogP contribution in [0.25, 0.3) is 0 Å². The van der Waals surface area contributed by atoms with Crippen LogP contribution < -0.4 is 5.32 Å². The first-order valence-electron chi connectivity index (χ1n) is 5.19. The smallest absolute Gasteiger partial charge is 0.149 e. The summed E-state index contributed by atoms with van der Waals surface area (Å²) >= 11 is 5.74. The van der Waals surface area contributed by atoms with Crippen molar-refractivity contribution in [3.05, 3.63) is 53.4 Å². The van der Waals surface area contributed by atoms with Crippen molar-refractivity contribution < 1.29 is 5.11 Å². The minimum Gasteiger partial charge on any atom is -0.394 e. The van der Waals surface area contributed by atoms with E-state index in [1.54, 1.807) is 6.20 Å². The van der Waals surface area contributed by atoms with Gasteiger partial charge in [-0.1, -0.05) is 41.9 Å². The third-order valence-corrected chi connectivity index (χ3v) is 2.49. The van der Waals surface area contributed by atoms with Crippen molar-refractivity contribution in [1.29, 1.82) is 0 Å². The van der Waals surface area contributed by atoms with E-state index in [0.29, 0.717) is 11.0 Å². The van der Waals surface area contributed by atoms with E-state index in [9.17, 15) is 5.11 Å². The second-order valence-corrected chi connectivity index (χ2v) is 3.90. The van der Waals surface area contributed by atoms with E-state index in [0.717, 1.165) is 5.56 Å². The Morgan fingerprint density at radius 1 is 1.24 bits per heavy atom. The first kappa shape index (κ1) is 11.8. The number of nitrogens with one attached hydrogen (secondary N) is 1. The molecule has 1 aromatic carbocycles. The highest BCUT2D eigenvalue weighted by Crippen LogP contribution is 2.17. The van der Waals surface area contributed by atoms with Crippen molar-refractivity contribution in [2.45, 2.75) is 6.04 Å². The normalized spacial score (nSPS) is 12.1. The Labute approximate surface area is 104 Å². The van der Waals surface area contributed by atoms with Crippen molar-refractivity contribution in [3.63, 3.8) is 0 Å². The molecule has 88 valence electrons. The molecule has 0 amide bonds. The number of rotatable bonds is 4. The molecule has 2 rings (SSSR count). The number of halogens is 1. The fourth-order valence-corrected chi connectivity index (χ4v) is 1.66. The Morgan fingerprint density at radius 3 is 2.65 bits per heavy atom.